The second-order valence-corrected chi connectivity index (χ2v) is 6.66. The van der Waals surface area contributed by atoms with E-state index in [-0.39, 0.29) is 5.69 Å². The zero-order valence-corrected chi connectivity index (χ0v) is 14.2. The smallest absolute Gasteiger partial charge is 0.408 e. The molecule has 26 heavy (non-hydrogen) atoms. The van der Waals surface area contributed by atoms with Crippen molar-refractivity contribution >= 4 is 18.0 Å². The Kier molecular flexibility index (Phi) is 4.88. The number of carbonyl (C=O) groups is 3. The van der Waals surface area contributed by atoms with Gasteiger partial charge in [-0.05, 0) is 26.8 Å². The van der Waals surface area contributed by atoms with Crippen LogP contribution >= 0.6 is 0 Å². The normalized spacial score (nSPS) is 20.5. The van der Waals surface area contributed by atoms with Crippen molar-refractivity contribution in [3.8, 4) is 0 Å². The lowest BCUT2D eigenvalue weighted by molar-refractivity contribution is -0.144. The number of nitrogens with one attached hydrogen (secondary N) is 3. The Morgan fingerprint density at radius 1 is 1.35 bits per heavy atom. The van der Waals surface area contributed by atoms with Gasteiger partial charge in [0.25, 0.3) is 5.91 Å². The van der Waals surface area contributed by atoms with E-state index in [4.69, 9.17) is 4.74 Å². The number of amides is 4. The number of halogens is 3. The van der Waals surface area contributed by atoms with Gasteiger partial charge in [-0.2, -0.15) is 18.3 Å². The largest absolute Gasteiger partial charge is 0.444 e. The Bertz CT molecular complexity index is 725. The number of alkyl carbamates (subject to hydrolysis) is 1. The van der Waals surface area contributed by atoms with E-state index >= 15 is 0 Å². The first kappa shape index (κ1) is 19.5. The predicted octanol–water partition coefficient (Wildman–Crippen LogP) is 1.00. The monoisotopic (exact) mass is 377 g/mol. The van der Waals surface area contributed by atoms with Crippen LogP contribution in [0.5, 0.6) is 0 Å². The van der Waals surface area contributed by atoms with Gasteiger partial charge in [-0.25, -0.2) is 9.59 Å². The number of alkyl halides is 3. The van der Waals surface area contributed by atoms with Crippen molar-refractivity contribution in [1.82, 2.24) is 25.7 Å². The predicted molar refractivity (Wildman–Crippen MR) is 80.9 cm³/mol. The van der Waals surface area contributed by atoms with Crippen LogP contribution in [0.25, 0.3) is 0 Å². The van der Waals surface area contributed by atoms with Gasteiger partial charge >= 0.3 is 18.3 Å². The van der Waals surface area contributed by atoms with Crippen LogP contribution in [0, 0.1) is 0 Å². The number of rotatable bonds is 4. The van der Waals surface area contributed by atoms with Gasteiger partial charge in [0.2, 0.25) is 0 Å². The summed E-state index contributed by atoms with van der Waals surface area (Å²) >= 11 is 0. The molecule has 1 aliphatic rings. The molecule has 12 heteroatoms. The molecule has 144 valence electrons. The van der Waals surface area contributed by atoms with Crippen LogP contribution in [0.4, 0.5) is 22.8 Å². The van der Waals surface area contributed by atoms with Gasteiger partial charge < -0.3 is 15.4 Å². The second-order valence-electron chi connectivity index (χ2n) is 6.66. The minimum absolute atomic E-state index is 0.228. The molecule has 1 aliphatic heterocycles. The maximum absolute atomic E-state index is 12.7. The Morgan fingerprint density at radius 2 is 2.00 bits per heavy atom. The van der Waals surface area contributed by atoms with Gasteiger partial charge in [0, 0.05) is 6.20 Å². The standard InChI is InChI=1S/C14H18F3N5O4/c1-12(2,3)26-11(25)18-6-13(9(23)20-10(24)21-13)8-4-5-19-22(8)7-14(15,16)17/h4-5H,6-7H2,1-3H3,(H,18,25)(H2,20,21,23,24). The molecule has 0 radical (unpaired) electrons. The Hall–Kier alpha value is -2.79. The van der Waals surface area contributed by atoms with E-state index in [0.717, 1.165) is 12.3 Å². The van der Waals surface area contributed by atoms with Crippen LogP contribution in [0.2, 0.25) is 0 Å². The summed E-state index contributed by atoms with van der Waals surface area (Å²) in [4.78, 5) is 35.8. The SMILES string of the molecule is CC(C)(C)OC(=O)NCC1(c2ccnn2CC(F)(F)F)NC(=O)NC1=O. The third kappa shape index (κ3) is 4.43. The molecule has 0 saturated carbocycles. The lowest BCUT2D eigenvalue weighted by Gasteiger charge is -2.28. The molecule has 1 atom stereocenters. The molecule has 9 nitrogen and oxygen atoms in total. The minimum atomic E-state index is -4.60. The minimum Gasteiger partial charge on any atom is -0.444 e. The number of hydrogen-bond donors (Lipinski definition) is 3. The van der Waals surface area contributed by atoms with Gasteiger partial charge in [-0.3, -0.25) is 14.8 Å². The van der Waals surface area contributed by atoms with Crippen LogP contribution in [-0.2, 0) is 21.6 Å². The third-order valence-electron chi connectivity index (χ3n) is 3.32. The molecule has 0 bridgehead atoms. The second kappa shape index (κ2) is 6.50. The summed E-state index contributed by atoms with van der Waals surface area (Å²) in [6, 6.07) is 0.258. The summed E-state index contributed by atoms with van der Waals surface area (Å²) in [5.74, 6) is -0.914. The van der Waals surface area contributed by atoms with Crippen molar-refractivity contribution in [2.24, 2.45) is 0 Å². The van der Waals surface area contributed by atoms with Crippen molar-refractivity contribution in [1.29, 1.82) is 0 Å². The van der Waals surface area contributed by atoms with Gasteiger partial charge in [0.15, 0.2) is 5.54 Å². The first-order valence-corrected chi connectivity index (χ1v) is 7.52. The molecule has 1 aromatic rings. The summed E-state index contributed by atoms with van der Waals surface area (Å²) in [7, 11) is 0. The van der Waals surface area contributed by atoms with E-state index in [1.165, 1.54) is 0 Å². The molecule has 0 aromatic carbocycles. The highest BCUT2D eigenvalue weighted by atomic mass is 19.4. The quantitative estimate of drug-likeness (QED) is 0.678. The Balaban J connectivity index is 2.31. The molecule has 4 amide bonds. The number of ether oxygens (including phenoxy) is 1. The van der Waals surface area contributed by atoms with Gasteiger partial charge in [-0.1, -0.05) is 0 Å². The zero-order valence-electron chi connectivity index (χ0n) is 14.2. The number of imide groups is 1. The third-order valence-corrected chi connectivity index (χ3v) is 3.32. The van der Waals surface area contributed by atoms with Crippen LogP contribution in [0.15, 0.2) is 12.3 Å². The first-order chi connectivity index (χ1) is 11.8. The van der Waals surface area contributed by atoms with E-state index in [1.54, 1.807) is 20.8 Å². The van der Waals surface area contributed by atoms with Gasteiger partial charge in [0.1, 0.15) is 12.1 Å². The molecular weight excluding hydrogens is 359 g/mol. The van der Waals surface area contributed by atoms with Crippen molar-refractivity contribution < 1.29 is 32.3 Å². The average molecular weight is 377 g/mol. The van der Waals surface area contributed by atoms with E-state index < -0.39 is 48.4 Å². The Morgan fingerprint density at radius 3 is 2.50 bits per heavy atom. The number of nitrogens with zero attached hydrogens (tertiary/aromatic N) is 2. The van der Waals surface area contributed by atoms with Crippen molar-refractivity contribution in [3.63, 3.8) is 0 Å². The van der Waals surface area contributed by atoms with Crippen molar-refractivity contribution in [3.05, 3.63) is 18.0 Å². The fraction of sp³-hybridized carbons (Fsp3) is 0.571. The van der Waals surface area contributed by atoms with Crippen LogP contribution in [-0.4, -0.2) is 46.1 Å². The number of hydrogen-bond acceptors (Lipinski definition) is 5. The molecule has 0 aliphatic carbocycles. The van der Waals surface area contributed by atoms with Crippen LogP contribution < -0.4 is 16.0 Å². The van der Waals surface area contributed by atoms with E-state index in [1.807, 2.05) is 5.32 Å². The first-order valence-electron chi connectivity index (χ1n) is 7.52. The fourth-order valence-electron chi connectivity index (χ4n) is 2.40. The molecule has 2 heterocycles. The summed E-state index contributed by atoms with van der Waals surface area (Å²) in [6.45, 7) is 2.86. The molecule has 2 rings (SSSR count). The lowest BCUT2D eigenvalue weighted by atomic mass is 9.95. The summed E-state index contributed by atoms with van der Waals surface area (Å²) < 4.78 is 43.8. The summed E-state index contributed by atoms with van der Waals surface area (Å²) in [6.07, 6.45) is -4.43. The maximum Gasteiger partial charge on any atom is 0.408 e. The summed E-state index contributed by atoms with van der Waals surface area (Å²) in [5.41, 5.74) is -3.00. The highest BCUT2D eigenvalue weighted by Crippen LogP contribution is 2.27. The molecule has 1 fully saturated rings. The molecule has 1 unspecified atom stereocenters. The molecule has 0 spiro atoms. The van der Waals surface area contributed by atoms with Crippen LogP contribution in [0.1, 0.15) is 26.5 Å². The number of carbonyl (C=O) groups excluding carboxylic acids is 3. The van der Waals surface area contributed by atoms with Crippen molar-refractivity contribution in [2.45, 2.75) is 44.6 Å². The number of aromatic nitrogens is 2. The zero-order chi connectivity index (χ0) is 19.8. The van der Waals surface area contributed by atoms with Gasteiger partial charge in [-0.15, -0.1) is 0 Å². The summed E-state index contributed by atoms with van der Waals surface area (Å²) in [5, 5.41) is 10.1. The van der Waals surface area contributed by atoms with E-state index in [9.17, 15) is 27.6 Å². The average Bonchev–Trinajstić information content (AvgIpc) is 2.98. The Labute approximate surface area is 146 Å². The lowest BCUT2D eigenvalue weighted by Crippen LogP contribution is -2.54. The van der Waals surface area contributed by atoms with Crippen LogP contribution in [0.3, 0.4) is 0 Å². The van der Waals surface area contributed by atoms with Crippen molar-refractivity contribution in [2.75, 3.05) is 6.54 Å². The fourth-order valence-corrected chi connectivity index (χ4v) is 2.40. The molecule has 1 saturated heterocycles. The van der Waals surface area contributed by atoms with Gasteiger partial charge in [0.05, 0.1) is 12.2 Å². The van der Waals surface area contributed by atoms with E-state index in [0.29, 0.717) is 4.68 Å². The van der Waals surface area contributed by atoms with E-state index in [2.05, 4.69) is 15.7 Å². The molecule has 3 N–H and O–H groups in total. The molecular formula is C14H18F3N5O4. The molecule has 1 aromatic heterocycles. The maximum atomic E-state index is 12.7. The number of urea groups is 1. The highest BCUT2D eigenvalue weighted by Gasteiger charge is 2.51. The highest BCUT2D eigenvalue weighted by molar-refractivity contribution is 6.07. The topological polar surface area (TPSA) is 114 Å².